The number of nitrogens with two attached hydrogens (primary N) is 1. The molecule has 2 aromatic rings. The highest BCUT2D eigenvalue weighted by molar-refractivity contribution is 6.09. The summed E-state index contributed by atoms with van der Waals surface area (Å²) in [6.45, 7) is 2.06. The molecule has 1 atom stereocenters. The lowest BCUT2D eigenvalue weighted by Gasteiger charge is -2.21. The minimum atomic E-state index is 0.00336. The van der Waals surface area contributed by atoms with Crippen molar-refractivity contribution >= 4 is 16.7 Å². The third kappa shape index (κ3) is 3.41. The van der Waals surface area contributed by atoms with Gasteiger partial charge in [-0.15, -0.1) is 0 Å². The van der Waals surface area contributed by atoms with Gasteiger partial charge in [0.1, 0.15) is 6.04 Å². The molecule has 0 bridgehead atoms. The highest BCUT2D eigenvalue weighted by Crippen LogP contribution is 2.19. The van der Waals surface area contributed by atoms with E-state index < -0.39 is 0 Å². The standard InChI is InChI=1S/C19H26N2O/c1-14(21-15-9-5-3-2-4-6-10-15)19(22)17-13-20-18-12-8-7-11-16(17)18/h7-8,11-15,20-21H,2-6,9-10H2,1H3/p+1/t14-/m1/s1. The van der Waals surface area contributed by atoms with Crippen LogP contribution in [0.4, 0.5) is 0 Å². The smallest absolute Gasteiger partial charge is 0.221 e. The number of aromatic nitrogens is 1. The second kappa shape index (κ2) is 7.10. The Hall–Kier alpha value is -1.61. The lowest BCUT2D eigenvalue weighted by molar-refractivity contribution is -0.707. The number of rotatable bonds is 4. The predicted octanol–water partition coefficient (Wildman–Crippen LogP) is 3.42. The number of hydrogen-bond acceptors (Lipinski definition) is 1. The second-order valence-electron chi connectivity index (χ2n) is 6.70. The first-order valence-electron chi connectivity index (χ1n) is 8.71. The summed E-state index contributed by atoms with van der Waals surface area (Å²) in [5, 5.41) is 3.36. The first kappa shape index (κ1) is 15.3. The number of quaternary nitrogens is 1. The van der Waals surface area contributed by atoms with Gasteiger partial charge in [0.2, 0.25) is 5.78 Å². The van der Waals surface area contributed by atoms with Gasteiger partial charge in [-0.3, -0.25) is 4.79 Å². The number of para-hydroxylation sites is 1. The van der Waals surface area contributed by atoms with Gasteiger partial charge in [-0.1, -0.05) is 37.5 Å². The Morgan fingerprint density at radius 1 is 1.14 bits per heavy atom. The van der Waals surface area contributed by atoms with Gasteiger partial charge in [-0.05, 0) is 38.7 Å². The molecule has 0 radical (unpaired) electrons. The summed E-state index contributed by atoms with van der Waals surface area (Å²) in [5.74, 6) is 0.250. The number of aromatic amines is 1. The van der Waals surface area contributed by atoms with E-state index in [0.29, 0.717) is 6.04 Å². The third-order valence-electron chi connectivity index (χ3n) is 4.98. The number of ketones is 1. The molecule has 3 nitrogen and oxygen atoms in total. The molecule has 0 aliphatic heterocycles. The number of carbonyl (C=O) groups excluding carboxylic acids is 1. The van der Waals surface area contributed by atoms with Crippen molar-refractivity contribution < 1.29 is 10.1 Å². The molecule has 0 spiro atoms. The quantitative estimate of drug-likeness (QED) is 0.835. The molecule has 1 fully saturated rings. The van der Waals surface area contributed by atoms with Crippen LogP contribution in [0.25, 0.3) is 10.9 Å². The van der Waals surface area contributed by atoms with Crippen LogP contribution in [0.15, 0.2) is 30.5 Å². The molecule has 3 rings (SSSR count). The van der Waals surface area contributed by atoms with Crippen molar-refractivity contribution in [3.05, 3.63) is 36.0 Å². The molecule has 0 unspecified atom stereocenters. The lowest BCUT2D eigenvalue weighted by atomic mass is 9.95. The van der Waals surface area contributed by atoms with Crippen LogP contribution in [-0.2, 0) is 0 Å². The zero-order valence-electron chi connectivity index (χ0n) is 13.5. The Kier molecular flexibility index (Phi) is 4.94. The average Bonchev–Trinajstić information content (AvgIpc) is 2.93. The fourth-order valence-corrected chi connectivity index (χ4v) is 3.70. The van der Waals surface area contributed by atoms with E-state index in [4.69, 9.17) is 0 Å². The number of Topliss-reactive ketones (excluding diaryl/α,β-unsaturated/α-hetero) is 1. The van der Waals surface area contributed by atoms with E-state index >= 15 is 0 Å². The van der Waals surface area contributed by atoms with E-state index in [-0.39, 0.29) is 11.8 Å². The van der Waals surface area contributed by atoms with Crippen LogP contribution in [-0.4, -0.2) is 22.9 Å². The van der Waals surface area contributed by atoms with Crippen LogP contribution >= 0.6 is 0 Å². The highest BCUT2D eigenvalue weighted by atomic mass is 16.1. The van der Waals surface area contributed by atoms with E-state index in [1.807, 2.05) is 30.5 Å². The molecule has 3 N–H and O–H groups in total. The van der Waals surface area contributed by atoms with Gasteiger partial charge in [0.15, 0.2) is 0 Å². The molecule has 1 heterocycles. The van der Waals surface area contributed by atoms with E-state index in [1.54, 1.807) is 0 Å². The normalized spacial score (nSPS) is 18.8. The summed E-state index contributed by atoms with van der Waals surface area (Å²) in [4.78, 5) is 16.0. The zero-order valence-corrected chi connectivity index (χ0v) is 13.5. The average molecular weight is 299 g/mol. The molecule has 0 amide bonds. The molecule has 1 aromatic carbocycles. The van der Waals surface area contributed by atoms with Gasteiger partial charge < -0.3 is 10.3 Å². The van der Waals surface area contributed by atoms with Gasteiger partial charge >= 0.3 is 0 Å². The van der Waals surface area contributed by atoms with Crippen molar-refractivity contribution in [3.63, 3.8) is 0 Å². The Labute approximate surface area is 132 Å². The second-order valence-corrected chi connectivity index (χ2v) is 6.70. The Morgan fingerprint density at radius 2 is 1.82 bits per heavy atom. The molecule has 0 saturated heterocycles. The number of carbonyl (C=O) groups is 1. The fraction of sp³-hybridized carbons (Fsp3) is 0.526. The highest BCUT2D eigenvalue weighted by Gasteiger charge is 2.25. The van der Waals surface area contributed by atoms with Crippen molar-refractivity contribution in [1.82, 2.24) is 4.98 Å². The monoisotopic (exact) mass is 299 g/mol. The van der Waals surface area contributed by atoms with Crippen molar-refractivity contribution in [3.8, 4) is 0 Å². The minimum absolute atomic E-state index is 0.00336. The molecule has 1 aromatic heterocycles. The Morgan fingerprint density at radius 3 is 2.59 bits per heavy atom. The number of H-pyrrole nitrogens is 1. The fourth-order valence-electron chi connectivity index (χ4n) is 3.70. The number of fused-ring (bicyclic) bond motifs is 1. The van der Waals surface area contributed by atoms with Crippen LogP contribution in [0.2, 0.25) is 0 Å². The van der Waals surface area contributed by atoms with Crippen LogP contribution in [0.5, 0.6) is 0 Å². The SMILES string of the molecule is C[C@@H]([NH2+]C1CCCCCCC1)C(=O)c1c[nH]c2ccccc12. The van der Waals surface area contributed by atoms with Gasteiger partial charge in [-0.2, -0.15) is 0 Å². The molecular weight excluding hydrogens is 272 g/mol. The topological polar surface area (TPSA) is 49.5 Å². The first-order chi connectivity index (χ1) is 10.8. The lowest BCUT2D eigenvalue weighted by Crippen LogP contribution is -2.95. The maximum atomic E-state index is 12.8. The van der Waals surface area contributed by atoms with Crippen molar-refractivity contribution in [2.45, 2.75) is 64.0 Å². The number of hydrogen-bond donors (Lipinski definition) is 2. The Bertz CT molecular complexity index is 623. The van der Waals surface area contributed by atoms with Crippen LogP contribution in [0.1, 0.15) is 62.2 Å². The summed E-state index contributed by atoms with van der Waals surface area (Å²) in [6, 6.07) is 8.66. The van der Waals surface area contributed by atoms with Crippen LogP contribution in [0, 0.1) is 0 Å². The van der Waals surface area contributed by atoms with Crippen LogP contribution < -0.4 is 5.32 Å². The molecule has 1 aliphatic carbocycles. The molecule has 1 saturated carbocycles. The maximum absolute atomic E-state index is 12.8. The van der Waals surface area contributed by atoms with Gasteiger partial charge in [0.05, 0.1) is 6.04 Å². The van der Waals surface area contributed by atoms with Gasteiger partial charge in [0.25, 0.3) is 0 Å². The minimum Gasteiger partial charge on any atom is -0.360 e. The summed E-state index contributed by atoms with van der Waals surface area (Å²) >= 11 is 0. The molecular formula is C19H27N2O+. The number of nitrogens with one attached hydrogen (secondary N) is 1. The first-order valence-corrected chi connectivity index (χ1v) is 8.71. The van der Waals surface area contributed by atoms with E-state index in [0.717, 1.165) is 16.5 Å². The predicted molar refractivity (Wildman–Crippen MR) is 90.1 cm³/mol. The summed E-state index contributed by atoms with van der Waals surface area (Å²) in [5.41, 5.74) is 1.88. The molecule has 1 aliphatic rings. The van der Waals surface area contributed by atoms with E-state index in [2.05, 4.69) is 17.2 Å². The van der Waals surface area contributed by atoms with Crippen LogP contribution in [0.3, 0.4) is 0 Å². The Balaban J connectivity index is 1.68. The summed E-state index contributed by atoms with van der Waals surface area (Å²) in [7, 11) is 0. The van der Waals surface area contributed by atoms with Gasteiger partial charge in [-0.25, -0.2) is 0 Å². The third-order valence-corrected chi connectivity index (χ3v) is 4.98. The largest absolute Gasteiger partial charge is 0.360 e. The zero-order chi connectivity index (χ0) is 15.4. The van der Waals surface area contributed by atoms with Gasteiger partial charge in [0, 0.05) is 22.7 Å². The molecule has 3 heteroatoms. The maximum Gasteiger partial charge on any atom is 0.221 e. The summed E-state index contributed by atoms with van der Waals surface area (Å²) < 4.78 is 0. The number of benzene rings is 1. The molecule has 22 heavy (non-hydrogen) atoms. The van der Waals surface area contributed by atoms with Crippen molar-refractivity contribution in [2.75, 3.05) is 0 Å². The summed E-state index contributed by atoms with van der Waals surface area (Å²) in [6.07, 6.45) is 11.1. The van der Waals surface area contributed by atoms with E-state index in [9.17, 15) is 4.79 Å². The van der Waals surface area contributed by atoms with E-state index in [1.165, 1.54) is 44.9 Å². The molecule has 118 valence electrons. The van der Waals surface area contributed by atoms with Crippen molar-refractivity contribution in [1.29, 1.82) is 0 Å². The van der Waals surface area contributed by atoms with Crippen molar-refractivity contribution in [2.24, 2.45) is 0 Å².